The summed E-state index contributed by atoms with van der Waals surface area (Å²) < 4.78 is 5.47. The molecule has 8 nitrogen and oxygen atoms in total. The van der Waals surface area contributed by atoms with Crippen molar-refractivity contribution in [3.8, 4) is 5.75 Å². The van der Waals surface area contributed by atoms with Crippen LogP contribution in [0.15, 0.2) is 71.7 Å². The minimum absolute atomic E-state index is 0.0115. The number of methoxy groups -OCH3 is 1. The maximum Gasteiger partial charge on any atom is 0.251 e. The fourth-order valence-corrected chi connectivity index (χ4v) is 3.35. The van der Waals surface area contributed by atoms with Crippen LogP contribution in [0.3, 0.4) is 0 Å². The molecule has 0 bridgehead atoms. The highest BCUT2D eigenvalue weighted by Gasteiger charge is 2.22. The second-order valence-electron chi connectivity index (χ2n) is 7.23. The summed E-state index contributed by atoms with van der Waals surface area (Å²) in [6, 6.07) is 19.3. The molecule has 6 N–H and O–H groups in total. The molecule has 8 heteroatoms. The first-order chi connectivity index (χ1) is 15.5. The van der Waals surface area contributed by atoms with Crippen molar-refractivity contribution in [2.45, 2.75) is 18.9 Å². The standard InChI is InChI=1S/C24H27N5O3/c1-32-21-15-18(14-17-10-5-6-11-19(17)21)28-23(31)20(12-7-13-27-24(25)26)29-22(30)16-8-3-2-4-9-16/h2-6,8-11,14-15,20H,7,12-13H2,1H3,(H,28,31)(H,29,30)(H4,25,26,27)/t20-/m1/s1. The number of nitrogens with one attached hydrogen (secondary N) is 2. The normalized spacial score (nSPS) is 11.4. The van der Waals surface area contributed by atoms with Crippen LogP contribution in [0.1, 0.15) is 23.2 Å². The molecule has 0 radical (unpaired) electrons. The Morgan fingerprint density at radius 2 is 1.75 bits per heavy atom. The quantitative estimate of drug-likeness (QED) is 0.234. The van der Waals surface area contributed by atoms with Gasteiger partial charge < -0.3 is 26.8 Å². The Balaban J connectivity index is 1.78. The molecule has 0 saturated heterocycles. The van der Waals surface area contributed by atoms with Crippen molar-refractivity contribution in [1.82, 2.24) is 5.32 Å². The van der Waals surface area contributed by atoms with Crippen molar-refractivity contribution in [2.24, 2.45) is 16.5 Å². The lowest BCUT2D eigenvalue weighted by Gasteiger charge is -2.19. The van der Waals surface area contributed by atoms with E-state index in [4.69, 9.17) is 16.2 Å². The maximum atomic E-state index is 13.1. The molecule has 0 aliphatic rings. The van der Waals surface area contributed by atoms with Crippen molar-refractivity contribution in [1.29, 1.82) is 0 Å². The van der Waals surface area contributed by atoms with Gasteiger partial charge in [0.05, 0.1) is 7.11 Å². The molecule has 0 heterocycles. The molecule has 0 aliphatic carbocycles. The predicted octanol–water partition coefficient (Wildman–Crippen LogP) is 2.64. The van der Waals surface area contributed by atoms with Gasteiger partial charge in [-0.15, -0.1) is 0 Å². The molecule has 0 unspecified atom stereocenters. The number of nitrogens with zero attached hydrogens (tertiary/aromatic N) is 1. The van der Waals surface area contributed by atoms with Gasteiger partial charge in [0.2, 0.25) is 5.91 Å². The van der Waals surface area contributed by atoms with Gasteiger partial charge in [0.25, 0.3) is 5.91 Å². The summed E-state index contributed by atoms with van der Waals surface area (Å²) >= 11 is 0. The zero-order valence-corrected chi connectivity index (χ0v) is 17.9. The first-order valence-corrected chi connectivity index (χ1v) is 10.3. The minimum Gasteiger partial charge on any atom is -0.496 e. The fraction of sp³-hybridized carbons (Fsp3) is 0.208. The van der Waals surface area contributed by atoms with Gasteiger partial charge in [-0.25, -0.2) is 0 Å². The first kappa shape index (κ1) is 22.6. The number of fused-ring (bicyclic) bond motifs is 1. The Labute approximate surface area is 186 Å². The fourth-order valence-electron chi connectivity index (χ4n) is 3.35. The second kappa shape index (κ2) is 10.8. The highest BCUT2D eigenvalue weighted by molar-refractivity contribution is 6.02. The van der Waals surface area contributed by atoms with Gasteiger partial charge in [0.1, 0.15) is 11.8 Å². The van der Waals surface area contributed by atoms with Crippen LogP contribution in [-0.4, -0.2) is 37.5 Å². The first-order valence-electron chi connectivity index (χ1n) is 10.3. The van der Waals surface area contributed by atoms with Crippen molar-refractivity contribution in [3.63, 3.8) is 0 Å². The third kappa shape index (κ3) is 5.98. The third-order valence-corrected chi connectivity index (χ3v) is 4.91. The van der Waals surface area contributed by atoms with Gasteiger partial charge in [-0.2, -0.15) is 0 Å². The monoisotopic (exact) mass is 433 g/mol. The molecular weight excluding hydrogens is 406 g/mol. The van der Waals surface area contributed by atoms with E-state index in [-0.39, 0.29) is 17.8 Å². The molecule has 0 aliphatic heterocycles. The maximum absolute atomic E-state index is 13.1. The zero-order chi connectivity index (χ0) is 22.9. The molecule has 2 amide bonds. The number of hydrogen-bond acceptors (Lipinski definition) is 4. The summed E-state index contributed by atoms with van der Waals surface area (Å²) in [5, 5.41) is 7.58. The molecule has 166 valence electrons. The van der Waals surface area contributed by atoms with E-state index in [9.17, 15) is 9.59 Å². The van der Waals surface area contributed by atoms with E-state index in [0.717, 1.165) is 10.8 Å². The van der Waals surface area contributed by atoms with E-state index in [1.807, 2.05) is 36.4 Å². The number of benzene rings is 3. The van der Waals surface area contributed by atoms with E-state index in [2.05, 4.69) is 15.6 Å². The Kier molecular flexibility index (Phi) is 7.64. The number of rotatable bonds is 9. The van der Waals surface area contributed by atoms with E-state index in [0.29, 0.717) is 36.4 Å². The average Bonchev–Trinajstić information content (AvgIpc) is 2.80. The van der Waals surface area contributed by atoms with Crippen LogP contribution in [0.2, 0.25) is 0 Å². The topological polar surface area (TPSA) is 132 Å². The second-order valence-corrected chi connectivity index (χ2v) is 7.23. The number of anilines is 1. The number of ether oxygens (including phenoxy) is 1. The van der Waals surface area contributed by atoms with Crippen molar-refractivity contribution >= 4 is 34.2 Å². The number of nitrogens with two attached hydrogens (primary N) is 2. The lowest BCUT2D eigenvalue weighted by atomic mass is 10.1. The number of guanidine groups is 1. The van der Waals surface area contributed by atoms with Crippen molar-refractivity contribution in [3.05, 3.63) is 72.3 Å². The molecule has 3 aromatic rings. The van der Waals surface area contributed by atoms with E-state index in [1.165, 1.54) is 0 Å². The van der Waals surface area contributed by atoms with Crippen LogP contribution in [0.5, 0.6) is 5.75 Å². The molecule has 3 aromatic carbocycles. The van der Waals surface area contributed by atoms with Gasteiger partial charge in [0.15, 0.2) is 5.96 Å². The summed E-state index contributed by atoms with van der Waals surface area (Å²) in [6.07, 6.45) is 0.887. The Hall–Kier alpha value is -4.07. The SMILES string of the molecule is COc1cc(NC(=O)[C@@H](CCCN=C(N)N)NC(=O)c2ccccc2)cc2ccccc12. The molecular formula is C24H27N5O3. The molecule has 3 rings (SSSR count). The number of carbonyl (C=O) groups is 2. The summed E-state index contributed by atoms with van der Waals surface area (Å²) in [5.74, 6) is -0.0291. The average molecular weight is 434 g/mol. The highest BCUT2D eigenvalue weighted by atomic mass is 16.5. The van der Waals surface area contributed by atoms with Crippen LogP contribution in [0.4, 0.5) is 5.69 Å². The van der Waals surface area contributed by atoms with E-state index < -0.39 is 6.04 Å². The van der Waals surface area contributed by atoms with Crippen molar-refractivity contribution < 1.29 is 14.3 Å². The molecule has 0 fully saturated rings. The molecule has 0 spiro atoms. The van der Waals surface area contributed by atoms with E-state index >= 15 is 0 Å². The highest BCUT2D eigenvalue weighted by Crippen LogP contribution is 2.29. The molecule has 1 atom stereocenters. The number of amides is 2. The summed E-state index contributed by atoms with van der Waals surface area (Å²) in [4.78, 5) is 29.7. The Bertz CT molecular complexity index is 1110. The molecule has 0 saturated carbocycles. The predicted molar refractivity (Wildman–Crippen MR) is 127 cm³/mol. The lowest BCUT2D eigenvalue weighted by molar-refractivity contribution is -0.118. The van der Waals surface area contributed by atoms with Gasteiger partial charge in [-0.1, -0.05) is 42.5 Å². The third-order valence-electron chi connectivity index (χ3n) is 4.91. The van der Waals surface area contributed by atoms with E-state index in [1.54, 1.807) is 37.4 Å². The van der Waals surface area contributed by atoms with Crippen molar-refractivity contribution in [2.75, 3.05) is 19.0 Å². The zero-order valence-electron chi connectivity index (χ0n) is 17.9. The Morgan fingerprint density at radius 3 is 2.47 bits per heavy atom. The van der Waals surface area contributed by atoms with Gasteiger partial charge in [-0.05, 0) is 36.4 Å². The van der Waals surface area contributed by atoms with Crippen LogP contribution in [0.25, 0.3) is 10.8 Å². The van der Waals surface area contributed by atoms with Gasteiger partial charge >= 0.3 is 0 Å². The smallest absolute Gasteiger partial charge is 0.251 e. The van der Waals surface area contributed by atoms with Gasteiger partial charge in [0, 0.05) is 29.2 Å². The molecule has 0 aromatic heterocycles. The van der Waals surface area contributed by atoms with Crippen LogP contribution < -0.4 is 26.8 Å². The number of aliphatic imine (C=N–C) groups is 1. The van der Waals surface area contributed by atoms with Gasteiger partial charge in [-0.3, -0.25) is 14.6 Å². The lowest BCUT2D eigenvalue weighted by Crippen LogP contribution is -2.44. The summed E-state index contributed by atoms with van der Waals surface area (Å²) in [5.41, 5.74) is 11.8. The molecule has 32 heavy (non-hydrogen) atoms. The summed E-state index contributed by atoms with van der Waals surface area (Å²) in [7, 11) is 1.58. The van der Waals surface area contributed by atoms with Crippen LogP contribution in [-0.2, 0) is 4.79 Å². The van der Waals surface area contributed by atoms with Crippen LogP contribution >= 0.6 is 0 Å². The minimum atomic E-state index is -0.769. The summed E-state index contributed by atoms with van der Waals surface area (Å²) in [6.45, 7) is 0.358. The number of carbonyl (C=O) groups excluding carboxylic acids is 2. The van der Waals surface area contributed by atoms with Crippen LogP contribution in [0, 0.1) is 0 Å². The largest absolute Gasteiger partial charge is 0.496 e. The Morgan fingerprint density at radius 1 is 1.03 bits per heavy atom. The number of hydrogen-bond donors (Lipinski definition) is 4.